The Labute approximate surface area is 112 Å². The fraction of sp³-hybridized carbons (Fsp3) is 0.538. The van der Waals surface area contributed by atoms with Crippen LogP contribution in [0, 0.1) is 5.92 Å². The van der Waals surface area contributed by atoms with Crippen molar-refractivity contribution in [2.75, 3.05) is 0 Å². The molecule has 0 aliphatic carbocycles. The molecule has 0 bridgehead atoms. The highest BCUT2D eigenvalue weighted by Gasteiger charge is 2.20. The summed E-state index contributed by atoms with van der Waals surface area (Å²) in [4.78, 5) is 31.3. The van der Waals surface area contributed by atoms with Crippen molar-refractivity contribution in [2.24, 2.45) is 11.7 Å². The minimum atomic E-state index is -0.668. The van der Waals surface area contributed by atoms with Crippen LogP contribution >= 0.6 is 0 Å². The van der Waals surface area contributed by atoms with Crippen LogP contribution in [0.1, 0.15) is 43.4 Å². The van der Waals surface area contributed by atoms with Gasteiger partial charge in [0.15, 0.2) is 0 Å². The third-order valence-corrected chi connectivity index (χ3v) is 2.64. The van der Waals surface area contributed by atoms with E-state index < -0.39 is 11.9 Å². The molecule has 0 radical (unpaired) electrons. The first-order valence-corrected chi connectivity index (χ1v) is 6.35. The highest BCUT2D eigenvalue weighted by Crippen LogP contribution is 2.06. The number of aryl methyl sites for hydroxylation is 1. The molecule has 3 N–H and O–H groups in total. The summed E-state index contributed by atoms with van der Waals surface area (Å²) < 4.78 is 0. The van der Waals surface area contributed by atoms with Gasteiger partial charge < -0.3 is 11.1 Å². The van der Waals surface area contributed by atoms with E-state index in [0.717, 1.165) is 0 Å². The van der Waals surface area contributed by atoms with Gasteiger partial charge >= 0.3 is 0 Å². The number of nitrogens with zero attached hydrogens (tertiary/aromatic N) is 2. The number of aromatic nitrogens is 2. The quantitative estimate of drug-likeness (QED) is 0.789. The smallest absolute Gasteiger partial charge is 0.255 e. The van der Waals surface area contributed by atoms with E-state index in [4.69, 9.17) is 5.73 Å². The molecule has 0 fully saturated rings. The van der Waals surface area contributed by atoms with Crippen molar-refractivity contribution >= 4 is 11.8 Å². The van der Waals surface area contributed by atoms with Crippen LogP contribution in [0.25, 0.3) is 0 Å². The molecule has 2 amide bonds. The zero-order chi connectivity index (χ0) is 14.4. The third kappa shape index (κ3) is 4.65. The monoisotopic (exact) mass is 264 g/mol. The van der Waals surface area contributed by atoms with Crippen molar-refractivity contribution in [3.63, 3.8) is 0 Å². The van der Waals surface area contributed by atoms with Gasteiger partial charge in [-0.2, -0.15) is 0 Å². The molecular formula is C13H20N4O2. The van der Waals surface area contributed by atoms with Gasteiger partial charge in [0.2, 0.25) is 5.91 Å². The molecule has 0 spiro atoms. The van der Waals surface area contributed by atoms with E-state index in [2.05, 4.69) is 15.3 Å². The fourth-order valence-electron chi connectivity index (χ4n) is 1.61. The summed E-state index contributed by atoms with van der Waals surface area (Å²) in [7, 11) is 0. The topological polar surface area (TPSA) is 98.0 Å². The summed E-state index contributed by atoms with van der Waals surface area (Å²) in [6.45, 7) is 5.85. The average molecular weight is 264 g/mol. The van der Waals surface area contributed by atoms with Crippen LogP contribution in [0.3, 0.4) is 0 Å². The normalized spacial score (nSPS) is 12.2. The van der Waals surface area contributed by atoms with Crippen LogP contribution < -0.4 is 11.1 Å². The number of carbonyl (C=O) groups excluding carboxylic acids is 2. The summed E-state index contributed by atoms with van der Waals surface area (Å²) in [5.74, 6) is 0.0157. The van der Waals surface area contributed by atoms with Crippen LogP contribution in [0.15, 0.2) is 12.4 Å². The summed E-state index contributed by atoms with van der Waals surface area (Å²) in [5.41, 5.74) is 5.60. The molecule has 0 aliphatic rings. The highest BCUT2D eigenvalue weighted by atomic mass is 16.2. The summed E-state index contributed by atoms with van der Waals surface area (Å²) >= 11 is 0. The molecule has 1 aromatic heterocycles. The van der Waals surface area contributed by atoms with Crippen LogP contribution in [0.4, 0.5) is 0 Å². The number of primary amides is 1. The molecule has 1 rings (SSSR count). The molecule has 1 aromatic rings. The van der Waals surface area contributed by atoms with Gasteiger partial charge in [-0.3, -0.25) is 9.59 Å². The zero-order valence-corrected chi connectivity index (χ0v) is 11.5. The number of amides is 2. The maximum Gasteiger partial charge on any atom is 0.255 e. The fourth-order valence-corrected chi connectivity index (χ4v) is 1.61. The molecule has 19 heavy (non-hydrogen) atoms. The van der Waals surface area contributed by atoms with Gasteiger partial charge in [0.05, 0.1) is 5.56 Å². The van der Waals surface area contributed by atoms with E-state index >= 15 is 0 Å². The Morgan fingerprint density at radius 3 is 2.32 bits per heavy atom. The Morgan fingerprint density at radius 1 is 1.32 bits per heavy atom. The van der Waals surface area contributed by atoms with Gasteiger partial charge in [0.25, 0.3) is 5.91 Å². The lowest BCUT2D eigenvalue weighted by Gasteiger charge is -2.17. The Hall–Kier alpha value is -1.98. The number of nitrogens with two attached hydrogens (primary N) is 1. The SMILES string of the molecule is CCc1ncc(C(=O)NC(CC(C)C)C(N)=O)cn1. The van der Waals surface area contributed by atoms with E-state index in [1.807, 2.05) is 20.8 Å². The number of hydrogen-bond acceptors (Lipinski definition) is 4. The molecule has 0 aromatic carbocycles. The number of rotatable bonds is 6. The Morgan fingerprint density at radius 2 is 1.89 bits per heavy atom. The van der Waals surface area contributed by atoms with Crippen LogP contribution in [0.5, 0.6) is 0 Å². The minimum absolute atomic E-state index is 0.261. The maximum atomic E-state index is 11.9. The number of hydrogen-bond donors (Lipinski definition) is 2. The van der Waals surface area contributed by atoms with Gasteiger partial charge in [0, 0.05) is 18.8 Å². The van der Waals surface area contributed by atoms with E-state index in [9.17, 15) is 9.59 Å². The second kappa shape index (κ2) is 6.82. The predicted octanol–water partition coefficient (Wildman–Crippen LogP) is 0.669. The lowest BCUT2D eigenvalue weighted by Crippen LogP contribution is -2.45. The Kier molecular flexibility index (Phi) is 5.41. The molecule has 0 saturated carbocycles. The first-order chi connectivity index (χ1) is 8.93. The Bertz CT molecular complexity index is 442. The van der Waals surface area contributed by atoms with Gasteiger partial charge in [-0.1, -0.05) is 20.8 Å². The minimum Gasteiger partial charge on any atom is -0.368 e. The van der Waals surface area contributed by atoms with Gasteiger partial charge in [-0.15, -0.1) is 0 Å². The van der Waals surface area contributed by atoms with Crippen molar-refractivity contribution in [3.05, 3.63) is 23.8 Å². The molecular weight excluding hydrogens is 244 g/mol. The third-order valence-electron chi connectivity index (χ3n) is 2.64. The van der Waals surface area contributed by atoms with Gasteiger partial charge in [-0.25, -0.2) is 9.97 Å². The summed E-state index contributed by atoms with van der Waals surface area (Å²) in [6.07, 6.45) is 4.12. The predicted molar refractivity (Wildman–Crippen MR) is 71.3 cm³/mol. The molecule has 1 heterocycles. The first-order valence-electron chi connectivity index (χ1n) is 6.35. The van der Waals surface area contributed by atoms with E-state index in [-0.39, 0.29) is 11.8 Å². The molecule has 6 nitrogen and oxygen atoms in total. The first kappa shape index (κ1) is 15.1. The molecule has 1 unspecified atom stereocenters. The van der Waals surface area contributed by atoms with Crippen LogP contribution in [-0.2, 0) is 11.2 Å². The number of nitrogens with one attached hydrogen (secondary N) is 1. The van der Waals surface area contributed by atoms with Crippen molar-refractivity contribution in [3.8, 4) is 0 Å². The second-order valence-electron chi connectivity index (χ2n) is 4.80. The van der Waals surface area contributed by atoms with Gasteiger partial charge in [-0.05, 0) is 12.3 Å². The average Bonchev–Trinajstić information content (AvgIpc) is 2.37. The molecule has 6 heteroatoms. The summed E-state index contributed by atoms with van der Waals surface area (Å²) in [6, 6.07) is -0.668. The lowest BCUT2D eigenvalue weighted by molar-refractivity contribution is -0.120. The molecule has 0 aliphatic heterocycles. The van der Waals surface area contributed by atoms with E-state index in [1.165, 1.54) is 12.4 Å². The standard InChI is InChI=1S/C13H20N4O2/c1-4-11-15-6-9(7-16-11)13(19)17-10(12(14)18)5-8(2)3/h6-8,10H,4-5H2,1-3H3,(H2,14,18)(H,17,19). The van der Waals surface area contributed by atoms with Crippen LogP contribution in [-0.4, -0.2) is 27.8 Å². The molecule has 1 atom stereocenters. The van der Waals surface area contributed by atoms with Crippen LogP contribution in [0.2, 0.25) is 0 Å². The van der Waals surface area contributed by atoms with Crippen molar-refractivity contribution < 1.29 is 9.59 Å². The molecule has 104 valence electrons. The largest absolute Gasteiger partial charge is 0.368 e. The van der Waals surface area contributed by atoms with E-state index in [1.54, 1.807) is 0 Å². The summed E-state index contributed by atoms with van der Waals surface area (Å²) in [5, 5.41) is 2.61. The van der Waals surface area contributed by atoms with Crippen molar-refractivity contribution in [2.45, 2.75) is 39.7 Å². The molecule has 0 saturated heterocycles. The van der Waals surface area contributed by atoms with Crippen molar-refractivity contribution in [1.29, 1.82) is 0 Å². The van der Waals surface area contributed by atoms with Crippen molar-refractivity contribution in [1.82, 2.24) is 15.3 Å². The Balaban J connectivity index is 2.72. The van der Waals surface area contributed by atoms with Gasteiger partial charge in [0.1, 0.15) is 11.9 Å². The number of carbonyl (C=O) groups is 2. The highest BCUT2D eigenvalue weighted by molar-refractivity contribution is 5.96. The second-order valence-corrected chi connectivity index (χ2v) is 4.80. The van der Waals surface area contributed by atoms with E-state index in [0.29, 0.717) is 24.2 Å². The lowest BCUT2D eigenvalue weighted by atomic mass is 10.0. The maximum absolute atomic E-state index is 11.9. The zero-order valence-electron chi connectivity index (χ0n) is 11.5.